The van der Waals surface area contributed by atoms with E-state index in [2.05, 4.69) is 17.3 Å². The number of piperidine rings is 1. The van der Waals surface area contributed by atoms with Crippen LogP contribution in [-0.4, -0.2) is 37.0 Å². The first-order valence-electron chi connectivity index (χ1n) is 10.5. The summed E-state index contributed by atoms with van der Waals surface area (Å²) in [5.74, 6) is 0.773. The molecule has 1 saturated heterocycles. The minimum Gasteiger partial charge on any atom is -0.489 e. The van der Waals surface area contributed by atoms with E-state index < -0.39 is 11.7 Å². The highest BCUT2D eigenvalue weighted by Crippen LogP contribution is 2.31. The zero-order valence-electron chi connectivity index (χ0n) is 18.0. The third-order valence-corrected chi connectivity index (χ3v) is 5.78. The molecule has 0 bridgehead atoms. The van der Waals surface area contributed by atoms with Gasteiger partial charge in [0.1, 0.15) is 23.7 Å². The minimum atomic E-state index is -4.40. The highest BCUT2D eigenvalue weighted by atomic mass is 19.4. The monoisotopic (exact) mass is 446 g/mol. The minimum absolute atomic E-state index is 0.0244. The number of likely N-dealkylation sites (tertiary alicyclic amines) is 1. The van der Waals surface area contributed by atoms with Gasteiger partial charge in [-0.3, -0.25) is 4.79 Å². The lowest BCUT2D eigenvalue weighted by molar-refractivity contribution is -0.137. The molecule has 0 atom stereocenters. The van der Waals surface area contributed by atoms with Crippen molar-refractivity contribution in [1.29, 1.82) is 0 Å². The summed E-state index contributed by atoms with van der Waals surface area (Å²) < 4.78 is 50.2. The van der Waals surface area contributed by atoms with Crippen molar-refractivity contribution in [3.05, 3.63) is 64.9 Å². The van der Waals surface area contributed by atoms with Crippen LogP contribution < -0.4 is 10.1 Å². The van der Waals surface area contributed by atoms with Crippen LogP contribution >= 0.6 is 0 Å². The van der Waals surface area contributed by atoms with Gasteiger partial charge in [-0.15, -0.1) is 0 Å². The zero-order chi connectivity index (χ0) is 22.9. The van der Waals surface area contributed by atoms with Crippen molar-refractivity contribution < 1.29 is 27.1 Å². The van der Waals surface area contributed by atoms with Gasteiger partial charge in [0.05, 0.1) is 11.1 Å². The molecule has 4 rings (SSSR count). The Morgan fingerprint density at radius 2 is 1.94 bits per heavy atom. The number of halogens is 3. The van der Waals surface area contributed by atoms with Crippen LogP contribution in [0.5, 0.6) is 5.75 Å². The second kappa shape index (κ2) is 8.86. The molecule has 0 aliphatic carbocycles. The molecule has 5 nitrogen and oxygen atoms in total. The van der Waals surface area contributed by atoms with Gasteiger partial charge in [-0.2, -0.15) is 13.2 Å². The van der Waals surface area contributed by atoms with E-state index in [1.807, 2.05) is 0 Å². The number of amides is 1. The number of benzene rings is 2. The molecule has 0 saturated carbocycles. The quantitative estimate of drug-likeness (QED) is 0.588. The van der Waals surface area contributed by atoms with E-state index in [9.17, 15) is 18.0 Å². The summed E-state index contributed by atoms with van der Waals surface area (Å²) in [6.07, 6.45) is -2.62. The number of aryl methyl sites for hydroxylation is 1. The topological polar surface area (TPSA) is 54.7 Å². The molecule has 1 aliphatic heterocycles. The van der Waals surface area contributed by atoms with Crippen LogP contribution in [0.3, 0.4) is 0 Å². The Morgan fingerprint density at radius 1 is 1.19 bits per heavy atom. The summed E-state index contributed by atoms with van der Waals surface area (Å²) in [5, 5.41) is 3.72. The lowest BCUT2D eigenvalue weighted by Gasteiger charge is -2.29. The number of nitrogens with one attached hydrogen (secondary N) is 1. The number of ether oxygens (including phenoxy) is 1. The Kier molecular flexibility index (Phi) is 6.15. The van der Waals surface area contributed by atoms with Crippen LogP contribution in [0.2, 0.25) is 0 Å². The summed E-state index contributed by atoms with van der Waals surface area (Å²) in [6.45, 7) is 3.59. The first-order chi connectivity index (χ1) is 15.2. The van der Waals surface area contributed by atoms with Gasteiger partial charge >= 0.3 is 6.18 Å². The van der Waals surface area contributed by atoms with Gasteiger partial charge in [0.15, 0.2) is 0 Å². The Bertz CT molecular complexity index is 1120. The second-order valence-electron chi connectivity index (χ2n) is 8.23. The summed E-state index contributed by atoms with van der Waals surface area (Å²) >= 11 is 0. The maximum Gasteiger partial charge on any atom is 0.416 e. The number of nitrogens with zero attached hydrogens (tertiary/aromatic N) is 1. The Balaban J connectivity index is 1.51. The molecule has 0 radical (unpaired) electrons. The number of carbonyl (C=O) groups is 1. The third-order valence-electron chi connectivity index (χ3n) is 5.78. The number of hydrogen-bond acceptors (Lipinski definition) is 4. The van der Waals surface area contributed by atoms with Gasteiger partial charge in [-0.1, -0.05) is 12.1 Å². The predicted molar refractivity (Wildman–Crippen MR) is 115 cm³/mol. The Hall–Kier alpha value is -3.00. The molecule has 1 N–H and O–H groups in total. The lowest BCUT2D eigenvalue weighted by Crippen LogP contribution is -2.43. The van der Waals surface area contributed by atoms with Crippen molar-refractivity contribution in [2.45, 2.75) is 38.6 Å². The van der Waals surface area contributed by atoms with Crippen molar-refractivity contribution in [3.63, 3.8) is 0 Å². The SMILES string of the molecule is Cc1oc2ccc(OCc3cccc(C(F)(F)F)c3)cc2c1C(=O)NC1CCN(C)CC1. The van der Waals surface area contributed by atoms with Gasteiger partial charge in [-0.25, -0.2) is 0 Å². The van der Waals surface area contributed by atoms with Crippen LogP contribution in [-0.2, 0) is 12.8 Å². The second-order valence-corrected chi connectivity index (χ2v) is 8.23. The van der Waals surface area contributed by atoms with Gasteiger partial charge in [0, 0.05) is 11.4 Å². The average Bonchev–Trinajstić information content (AvgIpc) is 3.08. The molecule has 1 fully saturated rings. The fraction of sp³-hybridized carbons (Fsp3) is 0.375. The molecule has 32 heavy (non-hydrogen) atoms. The van der Waals surface area contributed by atoms with Crippen molar-refractivity contribution in [2.75, 3.05) is 20.1 Å². The Labute approximate surface area is 184 Å². The van der Waals surface area contributed by atoms with Crippen LogP contribution in [0.1, 0.15) is 40.1 Å². The highest BCUT2D eigenvalue weighted by molar-refractivity contribution is 6.07. The molecule has 2 heterocycles. The first kappa shape index (κ1) is 22.2. The summed E-state index contributed by atoms with van der Waals surface area (Å²) in [5.41, 5.74) is 0.710. The number of rotatable bonds is 5. The normalized spacial score (nSPS) is 15.8. The number of hydrogen-bond donors (Lipinski definition) is 1. The van der Waals surface area contributed by atoms with E-state index in [0.29, 0.717) is 33.6 Å². The van der Waals surface area contributed by atoms with E-state index >= 15 is 0 Å². The number of alkyl halides is 3. The van der Waals surface area contributed by atoms with Gasteiger partial charge < -0.3 is 19.4 Å². The van der Waals surface area contributed by atoms with E-state index in [1.165, 1.54) is 6.07 Å². The number of carbonyl (C=O) groups excluding carboxylic acids is 1. The maximum atomic E-state index is 13.0. The molecule has 8 heteroatoms. The number of fused-ring (bicyclic) bond motifs is 1. The van der Waals surface area contributed by atoms with Crippen LogP contribution in [0.15, 0.2) is 46.9 Å². The largest absolute Gasteiger partial charge is 0.489 e. The highest BCUT2D eigenvalue weighted by Gasteiger charge is 2.30. The molecule has 2 aromatic carbocycles. The lowest BCUT2D eigenvalue weighted by atomic mass is 10.0. The zero-order valence-corrected chi connectivity index (χ0v) is 18.0. The first-order valence-corrected chi connectivity index (χ1v) is 10.5. The fourth-order valence-corrected chi connectivity index (χ4v) is 3.99. The maximum absolute atomic E-state index is 13.0. The van der Waals surface area contributed by atoms with E-state index in [4.69, 9.17) is 9.15 Å². The van der Waals surface area contributed by atoms with Crippen molar-refractivity contribution in [1.82, 2.24) is 10.2 Å². The standard InChI is InChI=1S/C24H25F3N2O3/c1-15-22(23(30)28-18-8-10-29(2)11-9-18)20-13-19(6-7-21(20)32-15)31-14-16-4-3-5-17(12-16)24(25,26)27/h3-7,12-13,18H,8-11,14H2,1-2H3,(H,28,30). The molecule has 0 unspecified atom stereocenters. The molecule has 3 aromatic rings. The third kappa shape index (κ3) is 4.91. The van der Waals surface area contributed by atoms with Gasteiger partial charge in [-0.05, 0) is 75.8 Å². The van der Waals surface area contributed by atoms with Gasteiger partial charge in [0.25, 0.3) is 5.91 Å². The van der Waals surface area contributed by atoms with Crippen molar-refractivity contribution in [3.8, 4) is 5.75 Å². The summed E-state index contributed by atoms with van der Waals surface area (Å²) in [7, 11) is 2.06. The molecular formula is C24H25F3N2O3. The smallest absolute Gasteiger partial charge is 0.416 e. The summed E-state index contributed by atoms with van der Waals surface area (Å²) in [6, 6.07) is 10.2. The average molecular weight is 446 g/mol. The summed E-state index contributed by atoms with van der Waals surface area (Å²) in [4.78, 5) is 15.2. The fourth-order valence-electron chi connectivity index (χ4n) is 3.99. The van der Waals surface area contributed by atoms with E-state index in [0.717, 1.165) is 38.1 Å². The van der Waals surface area contributed by atoms with Crippen molar-refractivity contribution in [2.24, 2.45) is 0 Å². The number of furan rings is 1. The molecule has 1 aliphatic rings. The van der Waals surface area contributed by atoms with E-state index in [1.54, 1.807) is 31.2 Å². The molecule has 1 amide bonds. The molecule has 1 aromatic heterocycles. The molecule has 0 spiro atoms. The van der Waals surface area contributed by atoms with Crippen LogP contribution in [0.4, 0.5) is 13.2 Å². The molecular weight excluding hydrogens is 421 g/mol. The van der Waals surface area contributed by atoms with Crippen LogP contribution in [0.25, 0.3) is 11.0 Å². The van der Waals surface area contributed by atoms with Crippen LogP contribution in [0, 0.1) is 6.92 Å². The van der Waals surface area contributed by atoms with Gasteiger partial charge in [0.2, 0.25) is 0 Å². The van der Waals surface area contributed by atoms with Crippen molar-refractivity contribution >= 4 is 16.9 Å². The Morgan fingerprint density at radius 3 is 2.66 bits per heavy atom. The predicted octanol–water partition coefficient (Wildman–Crippen LogP) is 5.16. The molecule has 170 valence electrons. The van der Waals surface area contributed by atoms with E-state index in [-0.39, 0.29) is 18.6 Å².